The minimum atomic E-state index is -0.705. The lowest BCUT2D eigenvalue weighted by Gasteiger charge is -2.09. The number of esters is 1. The van der Waals surface area contributed by atoms with Crippen LogP contribution in [0.3, 0.4) is 0 Å². The lowest BCUT2D eigenvalue weighted by molar-refractivity contribution is -0.128. The molecule has 2 heterocycles. The first-order chi connectivity index (χ1) is 16.4. The van der Waals surface area contributed by atoms with Gasteiger partial charge >= 0.3 is 5.97 Å². The first-order valence-corrected chi connectivity index (χ1v) is 10.7. The third-order valence-corrected chi connectivity index (χ3v) is 5.35. The zero-order valence-corrected chi connectivity index (χ0v) is 18.6. The van der Waals surface area contributed by atoms with E-state index in [1.54, 1.807) is 43.1 Å². The van der Waals surface area contributed by atoms with E-state index in [1.165, 1.54) is 6.07 Å². The Balaban J connectivity index is 1.76. The van der Waals surface area contributed by atoms with E-state index in [9.17, 15) is 18.4 Å². The Morgan fingerprint density at radius 2 is 2.00 bits per heavy atom. The molecular weight excluding hydrogens is 440 g/mol. The van der Waals surface area contributed by atoms with Gasteiger partial charge in [-0.2, -0.15) is 0 Å². The maximum absolute atomic E-state index is 14.4. The summed E-state index contributed by atoms with van der Waals surface area (Å²) in [5.41, 5.74) is 1.01. The number of carbonyl (C=O) groups is 2. The Hall–Kier alpha value is -4.12. The van der Waals surface area contributed by atoms with Gasteiger partial charge in [0.1, 0.15) is 17.6 Å². The molecule has 0 radical (unpaired) electrons. The van der Waals surface area contributed by atoms with Gasteiger partial charge in [-0.15, -0.1) is 0 Å². The van der Waals surface area contributed by atoms with Crippen molar-refractivity contribution in [2.75, 3.05) is 20.2 Å². The van der Waals surface area contributed by atoms with Crippen LogP contribution in [0.1, 0.15) is 29.4 Å². The summed E-state index contributed by atoms with van der Waals surface area (Å²) in [4.78, 5) is 34.8. The highest BCUT2D eigenvalue weighted by molar-refractivity contribution is 5.89. The molecule has 8 heteroatoms. The summed E-state index contributed by atoms with van der Waals surface area (Å²) >= 11 is 0. The van der Waals surface area contributed by atoms with Crippen molar-refractivity contribution in [3.63, 3.8) is 0 Å². The molecule has 6 nitrogen and oxygen atoms in total. The summed E-state index contributed by atoms with van der Waals surface area (Å²) in [6.07, 6.45) is 0.676. The van der Waals surface area contributed by atoms with E-state index in [0.29, 0.717) is 24.1 Å². The molecule has 0 bridgehead atoms. The lowest BCUT2D eigenvalue weighted by Crippen LogP contribution is -2.21. The summed E-state index contributed by atoms with van der Waals surface area (Å²) in [6, 6.07) is 11.2. The quantitative estimate of drug-likeness (QED) is 0.432. The highest BCUT2D eigenvalue weighted by atomic mass is 19.1. The fraction of sp³-hybridized carbons (Fsp3) is 0.231. The molecule has 34 heavy (non-hydrogen) atoms. The molecule has 0 aliphatic carbocycles. The molecule has 1 fully saturated rings. The van der Waals surface area contributed by atoms with Crippen molar-refractivity contribution >= 4 is 11.9 Å². The molecule has 1 aliphatic rings. The van der Waals surface area contributed by atoms with E-state index >= 15 is 0 Å². The predicted octanol–water partition coefficient (Wildman–Crippen LogP) is 4.10. The number of carbonyl (C=O) groups excluding carboxylic acids is 2. The minimum absolute atomic E-state index is 0.00381. The van der Waals surface area contributed by atoms with Crippen molar-refractivity contribution in [1.82, 2.24) is 14.9 Å². The van der Waals surface area contributed by atoms with Gasteiger partial charge in [0.15, 0.2) is 11.5 Å². The Bertz CT molecular complexity index is 1330. The number of hydrogen-bond donors (Lipinski definition) is 0. The topological polar surface area (TPSA) is 72.4 Å². The van der Waals surface area contributed by atoms with E-state index in [0.717, 1.165) is 18.2 Å². The van der Waals surface area contributed by atoms with Gasteiger partial charge in [-0.1, -0.05) is 24.0 Å². The molecule has 1 saturated heterocycles. The number of likely N-dealkylation sites (tertiary alicyclic amines) is 1. The highest BCUT2D eigenvalue weighted by Crippen LogP contribution is 2.26. The zero-order chi connectivity index (χ0) is 24.2. The smallest absolute Gasteiger partial charge is 0.357 e. The van der Waals surface area contributed by atoms with E-state index in [-0.39, 0.29) is 41.2 Å². The first kappa shape index (κ1) is 23.1. The van der Waals surface area contributed by atoms with Crippen molar-refractivity contribution < 1.29 is 23.1 Å². The Morgan fingerprint density at radius 3 is 2.74 bits per heavy atom. The summed E-state index contributed by atoms with van der Waals surface area (Å²) in [7, 11) is 1.75. The van der Waals surface area contributed by atoms with E-state index in [1.807, 2.05) is 0 Å². The molecule has 0 unspecified atom stereocenters. The number of rotatable bonds is 4. The first-order valence-electron chi connectivity index (χ1n) is 10.7. The van der Waals surface area contributed by atoms with E-state index in [2.05, 4.69) is 21.8 Å². The number of nitrogens with zero attached hydrogens (tertiary/aromatic N) is 3. The highest BCUT2D eigenvalue weighted by Gasteiger charge is 2.27. The molecule has 0 N–H and O–H groups in total. The molecule has 1 aromatic heterocycles. The maximum atomic E-state index is 14.4. The van der Waals surface area contributed by atoms with Gasteiger partial charge in [0.25, 0.3) is 0 Å². The monoisotopic (exact) mass is 461 g/mol. The van der Waals surface area contributed by atoms with Gasteiger partial charge in [0.05, 0.1) is 12.3 Å². The number of amides is 1. The number of benzene rings is 2. The van der Waals surface area contributed by atoms with E-state index < -0.39 is 17.6 Å². The number of ether oxygens (including phenoxy) is 1. The molecule has 0 spiro atoms. The molecule has 1 atom stereocenters. The second kappa shape index (κ2) is 9.79. The van der Waals surface area contributed by atoms with Gasteiger partial charge < -0.3 is 9.64 Å². The third-order valence-electron chi connectivity index (χ3n) is 5.35. The van der Waals surface area contributed by atoms with Crippen LogP contribution in [0.2, 0.25) is 0 Å². The van der Waals surface area contributed by atoms with Crippen LogP contribution in [0.15, 0.2) is 48.5 Å². The van der Waals surface area contributed by atoms with Crippen LogP contribution in [0.5, 0.6) is 0 Å². The summed E-state index contributed by atoms with van der Waals surface area (Å²) in [6.45, 7) is 2.45. The fourth-order valence-corrected chi connectivity index (χ4v) is 3.58. The second-order valence-corrected chi connectivity index (χ2v) is 7.76. The molecule has 0 saturated carbocycles. The predicted molar refractivity (Wildman–Crippen MR) is 121 cm³/mol. The standard InChI is InChI=1S/C26H21F2N3O3/c1-3-34-26(33)23-15-22(20-14-19(27)9-10-21(20)28)29-24(30-23)18-6-4-5-16(13-18)7-8-17-11-12-31(2)25(17)32/h4-6,9-10,13-15,17H,3,11-12H2,1-2H3/t17-/m1/s1. The maximum Gasteiger partial charge on any atom is 0.357 e. The van der Waals surface area contributed by atoms with Crippen molar-refractivity contribution in [3.8, 4) is 34.5 Å². The Labute approximate surface area is 195 Å². The van der Waals surface area contributed by atoms with Crippen molar-refractivity contribution in [2.45, 2.75) is 13.3 Å². The van der Waals surface area contributed by atoms with Crippen molar-refractivity contribution in [2.24, 2.45) is 5.92 Å². The van der Waals surface area contributed by atoms with Crippen LogP contribution in [-0.4, -0.2) is 46.9 Å². The van der Waals surface area contributed by atoms with Gasteiger partial charge in [0, 0.05) is 30.3 Å². The van der Waals surface area contributed by atoms with Crippen LogP contribution in [0, 0.1) is 29.4 Å². The van der Waals surface area contributed by atoms with Crippen LogP contribution < -0.4 is 0 Å². The molecule has 2 aromatic carbocycles. The summed E-state index contributed by atoms with van der Waals surface area (Å²) < 4.78 is 33.3. The zero-order valence-electron chi connectivity index (χ0n) is 18.6. The van der Waals surface area contributed by atoms with Gasteiger partial charge in [-0.3, -0.25) is 4.79 Å². The lowest BCUT2D eigenvalue weighted by atomic mass is 10.1. The SMILES string of the molecule is CCOC(=O)c1cc(-c2cc(F)ccc2F)nc(-c2cccc(C#C[C@@H]3CCN(C)C3=O)c2)n1. The molecule has 3 aromatic rings. The number of hydrogen-bond acceptors (Lipinski definition) is 5. The van der Waals surface area contributed by atoms with Crippen LogP contribution >= 0.6 is 0 Å². The molecule has 1 aliphatic heterocycles. The average molecular weight is 461 g/mol. The van der Waals surface area contributed by atoms with Gasteiger partial charge in [-0.25, -0.2) is 23.5 Å². The number of aromatic nitrogens is 2. The summed E-state index contributed by atoms with van der Waals surface area (Å²) in [5, 5.41) is 0. The largest absolute Gasteiger partial charge is 0.461 e. The second-order valence-electron chi connectivity index (χ2n) is 7.76. The number of halogens is 2. The third kappa shape index (κ3) is 4.94. The van der Waals surface area contributed by atoms with E-state index in [4.69, 9.17) is 4.74 Å². The molecule has 1 amide bonds. The van der Waals surface area contributed by atoms with Crippen molar-refractivity contribution in [3.05, 3.63) is 71.4 Å². The average Bonchev–Trinajstić information content (AvgIpc) is 3.16. The van der Waals surface area contributed by atoms with Crippen LogP contribution in [-0.2, 0) is 9.53 Å². The van der Waals surface area contributed by atoms with Crippen molar-refractivity contribution in [1.29, 1.82) is 0 Å². The normalized spacial score (nSPS) is 15.1. The molecular formula is C26H21F2N3O3. The Morgan fingerprint density at radius 1 is 1.18 bits per heavy atom. The minimum Gasteiger partial charge on any atom is -0.461 e. The molecule has 172 valence electrons. The Kier molecular flexibility index (Phi) is 6.64. The molecule has 4 rings (SSSR count). The van der Waals surface area contributed by atoms with Crippen LogP contribution in [0.25, 0.3) is 22.6 Å². The fourth-order valence-electron chi connectivity index (χ4n) is 3.58. The van der Waals surface area contributed by atoms with Gasteiger partial charge in [-0.05, 0) is 49.7 Å². The summed E-state index contributed by atoms with van der Waals surface area (Å²) in [5.74, 6) is 3.77. The van der Waals surface area contributed by atoms with Crippen LogP contribution in [0.4, 0.5) is 8.78 Å². The van der Waals surface area contributed by atoms with Gasteiger partial charge in [0.2, 0.25) is 5.91 Å².